The SMILES string of the molecule is CC[C@H]1OC(=O)[C@H](C)[C@@H](OC2C[C@](C)(OC)[C@H](O)[C@@H](C)O2)[C@@H](C)[C@@H](OC2O[C@H](C)C[C@H](N(C)C)[C@H]2O)C2(C)CC(C)C(=N[C@H](C)[C@H](O)[C@]1(C)O)O2. The summed E-state index contributed by atoms with van der Waals surface area (Å²) in [5.74, 6) is -2.03. The van der Waals surface area contributed by atoms with Crippen LogP contribution in [0.3, 0.4) is 0 Å². The maximum atomic E-state index is 14.2. The van der Waals surface area contributed by atoms with E-state index in [9.17, 15) is 25.2 Å². The molecule has 4 aliphatic rings. The Labute approximate surface area is 304 Å². The molecule has 51 heavy (non-hydrogen) atoms. The first kappa shape index (κ1) is 42.3. The molecule has 0 radical (unpaired) electrons. The van der Waals surface area contributed by atoms with Crippen LogP contribution in [0.15, 0.2) is 4.99 Å². The number of ether oxygens (including phenoxy) is 7. The van der Waals surface area contributed by atoms with E-state index < -0.39 is 96.0 Å². The molecular weight excluding hydrogens is 664 g/mol. The third kappa shape index (κ3) is 8.60. The lowest BCUT2D eigenvalue weighted by molar-refractivity contribution is -0.315. The molecule has 3 saturated heterocycles. The number of aliphatic hydroxyl groups is 4. The minimum absolute atomic E-state index is 0.163. The monoisotopic (exact) mass is 730 g/mol. The van der Waals surface area contributed by atoms with E-state index >= 15 is 0 Å². The minimum Gasteiger partial charge on any atom is -0.472 e. The van der Waals surface area contributed by atoms with Crippen molar-refractivity contribution in [1.82, 2.24) is 4.90 Å². The molecule has 2 bridgehead atoms. The van der Waals surface area contributed by atoms with Gasteiger partial charge in [-0.25, -0.2) is 4.99 Å². The number of esters is 1. The number of aliphatic hydroxyl groups excluding tert-OH is 3. The Bertz CT molecular complexity index is 1220. The van der Waals surface area contributed by atoms with Gasteiger partial charge in [-0.15, -0.1) is 0 Å². The Kier molecular flexibility index (Phi) is 13.4. The molecule has 0 spiro atoms. The molecule has 14 heteroatoms. The molecular formula is C37H66N2O12. The van der Waals surface area contributed by atoms with E-state index in [0.29, 0.717) is 18.7 Å². The molecule has 0 aromatic rings. The van der Waals surface area contributed by atoms with E-state index in [-0.39, 0.29) is 30.9 Å². The van der Waals surface area contributed by atoms with Crippen LogP contribution in [0.5, 0.6) is 0 Å². The fourth-order valence-corrected chi connectivity index (χ4v) is 8.61. The highest BCUT2D eigenvalue weighted by Crippen LogP contribution is 2.44. The molecule has 18 atom stereocenters. The first-order chi connectivity index (χ1) is 23.6. The Morgan fingerprint density at radius 2 is 1.61 bits per heavy atom. The fraction of sp³-hybridized carbons (Fsp3) is 0.946. The van der Waals surface area contributed by atoms with Crippen LogP contribution in [-0.2, 0) is 38.0 Å². The third-order valence-electron chi connectivity index (χ3n) is 11.9. The summed E-state index contributed by atoms with van der Waals surface area (Å²) in [5.41, 5.74) is -3.91. The van der Waals surface area contributed by atoms with E-state index in [2.05, 4.69) is 0 Å². The van der Waals surface area contributed by atoms with Crippen LogP contribution in [0.1, 0.15) is 94.9 Å². The quantitative estimate of drug-likeness (QED) is 0.281. The second kappa shape index (κ2) is 16.1. The lowest BCUT2D eigenvalue weighted by Crippen LogP contribution is -2.60. The summed E-state index contributed by atoms with van der Waals surface area (Å²) >= 11 is 0. The van der Waals surface area contributed by atoms with Crippen molar-refractivity contribution in [3.05, 3.63) is 0 Å². The fourth-order valence-electron chi connectivity index (χ4n) is 8.61. The largest absolute Gasteiger partial charge is 0.472 e. The Hall–Kier alpha value is -1.46. The average Bonchev–Trinajstić information content (AvgIpc) is 3.35. The molecule has 0 aliphatic carbocycles. The number of fused-ring (bicyclic) bond motifs is 2. The van der Waals surface area contributed by atoms with Crippen molar-refractivity contribution >= 4 is 11.9 Å². The highest BCUT2D eigenvalue weighted by atomic mass is 16.7. The van der Waals surface area contributed by atoms with Crippen LogP contribution in [0.2, 0.25) is 0 Å². The highest BCUT2D eigenvalue weighted by Gasteiger charge is 2.56. The second-order valence-electron chi connectivity index (χ2n) is 16.5. The van der Waals surface area contributed by atoms with Gasteiger partial charge in [-0.05, 0) is 75.4 Å². The lowest BCUT2D eigenvalue weighted by Gasteiger charge is -2.48. The van der Waals surface area contributed by atoms with Crippen LogP contribution in [-0.4, -0.2) is 149 Å². The summed E-state index contributed by atoms with van der Waals surface area (Å²) in [6.07, 6.45) is -7.53. The van der Waals surface area contributed by atoms with Crippen molar-refractivity contribution in [3.8, 4) is 0 Å². The summed E-state index contributed by atoms with van der Waals surface area (Å²) in [5, 5.41) is 45.5. The van der Waals surface area contributed by atoms with Crippen LogP contribution >= 0.6 is 0 Å². The molecule has 4 N–H and O–H groups in total. The number of hydrogen-bond acceptors (Lipinski definition) is 14. The van der Waals surface area contributed by atoms with Crippen molar-refractivity contribution < 1.29 is 58.4 Å². The molecule has 4 heterocycles. The van der Waals surface area contributed by atoms with Gasteiger partial charge in [0.2, 0.25) is 0 Å². The lowest BCUT2D eigenvalue weighted by atomic mass is 9.79. The Balaban J connectivity index is 1.85. The predicted molar refractivity (Wildman–Crippen MR) is 188 cm³/mol. The molecule has 4 unspecified atom stereocenters. The van der Waals surface area contributed by atoms with Gasteiger partial charge in [0.15, 0.2) is 18.5 Å². The third-order valence-corrected chi connectivity index (χ3v) is 11.9. The summed E-state index contributed by atoms with van der Waals surface area (Å²) < 4.78 is 44.5. The molecule has 0 aromatic heterocycles. The molecule has 0 amide bonds. The maximum Gasteiger partial charge on any atom is 0.311 e. The molecule has 4 aliphatic heterocycles. The van der Waals surface area contributed by atoms with Crippen LogP contribution in [0.25, 0.3) is 0 Å². The summed E-state index contributed by atoms with van der Waals surface area (Å²) in [4.78, 5) is 20.9. The summed E-state index contributed by atoms with van der Waals surface area (Å²) in [6, 6.07) is -1.04. The van der Waals surface area contributed by atoms with E-state index in [4.69, 9.17) is 38.2 Å². The molecule has 14 nitrogen and oxygen atoms in total. The standard InChI is InChI=1S/C37H66N2O12/c1-14-25-37(10,44)29(41)22(6)38-32-18(2)16-36(9,51-32)31(50-34-27(40)24(39(11)12)15-19(3)46-34)20(4)28(21(5)33(43)48-25)49-26-17-35(8,45-13)30(42)23(7)47-26/h18-31,34,40-42,44H,14-17H2,1-13H3/t18?,19-,20-,21-,22-,23-,24+,25-,26?,27-,28+,29+,30-,31-,34?,35+,36?,37-/m1/s1. The van der Waals surface area contributed by atoms with Gasteiger partial charge in [0, 0.05) is 37.8 Å². The number of methoxy groups -OCH3 is 1. The topological polar surface area (TPSA) is 178 Å². The Morgan fingerprint density at radius 3 is 2.20 bits per heavy atom. The van der Waals surface area contributed by atoms with Crippen molar-refractivity contribution in [2.75, 3.05) is 21.2 Å². The zero-order chi connectivity index (χ0) is 38.4. The Morgan fingerprint density at radius 1 is 0.961 bits per heavy atom. The first-order valence-electron chi connectivity index (χ1n) is 18.7. The molecule has 296 valence electrons. The smallest absolute Gasteiger partial charge is 0.311 e. The molecule has 4 rings (SSSR count). The van der Waals surface area contributed by atoms with Crippen LogP contribution < -0.4 is 0 Å². The van der Waals surface area contributed by atoms with Gasteiger partial charge in [-0.2, -0.15) is 0 Å². The highest BCUT2D eigenvalue weighted by molar-refractivity contribution is 5.81. The van der Waals surface area contributed by atoms with E-state index in [0.717, 1.165) is 0 Å². The number of nitrogens with zero attached hydrogens (tertiary/aromatic N) is 2. The first-order valence-corrected chi connectivity index (χ1v) is 18.7. The van der Waals surface area contributed by atoms with Gasteiger partial charge in [0.1, 0.15) is 41.7 Å². The van der Waals surface area contributed by atoms with Crippen LogP contribution in [0.4, 0.5) is 0 Å². The maximum absolute atomic E-state index is 14.2. The number of rotatable bonds is 7. The zero-order valence-electron chi connectivity index (χ0n) is 32.9. The van der Waals surface area contributed by atoms with Gasteiger partial charge in [0.05, 0.1) is 35.9 Å². The van der Waals surface area contributed by atoms with Crippen molar-refractivity contribution in [2.45, 2.75) is 185 Å². The van der Waals surface area contributed by atoms with Crippen molar-refractivity contribution in [1.29, 1.82) is 0 Å². The number of likely N-dealkylation sites (N-methyl/N-ethyl adjacent to an activating group) is 1. The summed E-state index contributed by atoms with van der Waals surface area (Å²) in [6.45, 7) is 17.8. The summed E-state index contributed by atoms with van der Waals surface area (Å²) in [7, 11) is 5.33. The normalized spacial score (nSPS) is 50.3. The molecule has 0 saturated carbocycles. The van der Waals surface area contributed by atoms with Crippen molar-refractivity contribution in [2.24, 2.45) is 22.7 Å². The van der Waals surface area contributed by atoms with Gasteiger partial charge < -0.3 is 58.5 Å². The van der Waals surface area contributed by atoms with Gasteiger partial charge in [-0.1, -0.05) is 20.8 Å². The number of hydrogen-bond donors (Lipinski definition) is 4. The van der Waals surface area contributed by atoms with E-state index in [1.807, 2.05) is 46.7 Å². The van der Waals surface area contributed by atoms with Crippen molar-refractivity contribution in [3.63, 3.8) is 0 Å². The average molecular weight is 731 g/mol. The molecule has 0 aromatic carbocycles. The second-order valence-corrected chi connectivity index (χ2v) is 16.5. The van der Waals surface area contributed by atoms with Crippen LogP contribution in [0, 0.1) is 17.8 Å². The van der Waals surface area contributed by atoms with Gasteiger partial charge in [0.25, 0.3) is 0 Å². The number of carbonyl (C=O) groups is 1. The number of cyclic esters (lactones) is 1. The minimum atomic E-state index is -1.84. The van der Waals surface area contributed by atoms with Gasteiger partial charge >= 0.3 is 5.97 Å². The number of aliphatic imine (C=N–C) groups is 1. The number of carbonyl (C=O) groups excluding carboxylic acids is 1. The zero-order valence-corrected chi connectivity index (χ0v) is 32.9. The molecule has 3 fully saturated rings. The van der Waals surface area contributed by atoms with Gasteiger partial charge in [-0.3, -0.25) is 4.79 Å². The van der Waals surface area contributed by atoms with E-state index in [1.165, 1.54) is 14.0 Å². The van der Waals surface area contributed by atoms with E-state index in [1.54, 1.807) is 34.6 Å². The predicted octanol–water partition coefficient (Wildman–Crippen LogP) is 2.41.